The Morgan fingerprint density at radius 3 is 1.58 bits per heavy atom. The predicted octanol–water partition coefficient (Wildman–Crippen LogP) is 0.871. The minimum atomic E-state index is -4.67. The number of rotatable bonds is 2. The zero-order valence-corrected chi connectivity index (χ0v) is 8.43. The third-order valence-corrected chi connectivity index (χ3v) is 0.894. The summed E-state index contributed by atoms with van der Waals surface area (Å²) in [6, 6.07) is 0. The molecule has 0 heterocycles. The molecule has 6 heteroatoms. The fraction of sp³-hybridized carbons (Fsp3) is 1.00. The molecule has 0 aliphatic rings. The Morgan fingerprint density at radius 1 is 1.33 bits per heavy atom. The van der Waals surface area contributed by atoms with Crippen LogP contribution in [0, 0.1) is 0 Å². The van der Waals surface area contributed by atoms with Crippen molar-refractivity contribution in [3.05, 3.63) is 0 Å². The van der Waals surface area contributed by atoms with E-state index in [1.165, 1.54) is 6.42 Å². The van der Waals surface area contributed by atoms with E-state index in [-0.39, 0.29) is 5.54 Å². The summed E-state index contributed by atoms with van der Waals surface area (Å²) >= 11 is 0. The van der Waals surface area contributed by atoms with E-state index >= 15 is 0 Å². The fourth-order valence-electron chi connectivity index (χ4n) is 0.644. The molecule has 0 aromatic carbocycles. The molecular formula is C6H17NO4S. The average molecular weight is 199 g/mol. The van der Waals surface area contributed by atoms with Crippen molar-refractivity contribution in [1.82, 2.24) is 0 Å². The van der Waals surface area contributed by atoms with E-state index < -0.39 is 10.4 Å². The summed E-state index contributed by atoms with van der Waals surface area (Å²) in [5, 5.41) is 0. The van der Waals surface area contributed by atoms with E-state index in [2.05, 4.69) is 20.8 Å². The summed E-state index contributed by atoms with van der Waals surface area (Å²) in [4.78, 5) is 0. The highest BCUT2D eigenvalue weighted by molar-refractivity contribution is 7.79. The summed E-state index contributed by atoms with van der Waals surface area (Å²) in [6.45, 7) is 6.25. The Balaban J connectivity index is 0. The molecule has 0 radical (unpaired) electrons. The van der Waals surface area contributed by atoms with Crippen LogP contribution in [0.3, 0.4) is 0 Å². The van der Waals surface area contributed by atoms with E-state index in [9.17, 15) is 0 Å². The van der Waals surface area contributed by atoms with Gasteiger partial charge in [0.15, 0.2) is 0 Å². The van der Waals surface area contributed by atoms with Crippen molar-refractivity contribution in [2.24, 2.45) is 5.73 Å². The predicted molar refractivity (Wildman–Crippen MR) is 47.4 cm³/mol. The lowest BCUT2D eigenvalue weighted by molar-refractivity contribution is 0.381. The fourth-order valence-corrected chi connectivity index (χ4v) is 0.644. The number of hydrogen-bond acceptors (Lipinski definition) is 3. The molecule has 0 fully saturated rings. The summed E-state index contributed by atoms with van der Waals surface area (Å²) in [5.74, 6) is 0. The molecule has 0 aliphatic carbocycles. The van der Waals surface area contributed by atoms with Crippen LogP contribution in [0.25, 0.3) is 0 Å². The van der Waals surface area contributed by atoms with Crippen LogP contribution in [0.1, 0.15) is 33.6 Å². The first-order valence-electron chi connectivity index (χ1n) is 3.55. The molecule has 0 unspecified atom stereocenters. The lowest BCUT2D eigenvalue weighted by atomic mass is 10.0. The second-order valence-corrected chi connectivity index (χ2v) is 4.08. The van der Waals surface area contributed by atoms with Crippen LogP contribution in [0.5, 0.6) is 0 Å². The third-order valence-electron chi connectivity index (χ3n) is 0.894. The van der Waals surface area contributed by atoms with Gasteiger partial charge in [0, 0.05) is 5.54 Å². The van der Waals surface area contributed by atoms with Gasteiger partial charge in [-0.3, -0.25) is 9.11 Å². The van der Waals surface area contributed by atoms with Crippen LogP contribution in [0.15, 0.2) is 0 Å². The molecule has 0 bridgehead atoms. The second-order valence-electron chi connectivity index (χ2n) is 3.19. The topological polar surface area (TPSA) is 101 Å². The van der Waals surface area contributed by atoms with Crippen LogP contribution in [-0.4, -0.2) is 23.1 Å². The summed E-state index contributed by atoms with van der Waals surface area (Å²) in [7, 11) is -4.67. The number of nitrogens with two attached hydrogens (primary N) is 1. The molecule has 0 rings (SSSR count). The van der Waals surface area contributed by atoms with Crippen LogP contribution in [-0.2, 0) is 10.4 Å². The van der Waals surface area contributed by atoms with Gasteiger partial charge in [-0.1, -0.05) is 13.3 Å². The van der Waals surface area contributed by atoms with Crippen molar-refractivity contribution in [2.45, 2.75) is 39.2 Å². The van der Waals surface area contributed by atoms with Crippen molar-refractivity contribution in [2.75, 3.05) is 0 Å². The number of hydrogen-bond donors (Lipinski definition) is 3. The van der Waals surface area contributed by atoms with Gasteiger partial charge < -0.3 is 5.73 Å². The molecule has 0 atom stereocenters. The maximum absolute atomic E-state index is 8.74. The standard InChI is InChI=1S/C6H15N.H2O4S/c1-4-5-6(2,3)7;1-5(2,3)4/h4-5,7H2,1-3H3;(H2,1,2,3,4). The Bertz CT molecular complexity index is 184. The van der Waals surface area contributed by atoms with Gasteiger partial charge in [0.2, 0.25) is 0 Å². The Labute approximate surface area is 73.5 Å². The van der Waals surface area contributed by atoms with Crippen molar-refractivity contribution in [3.8, 4) is 0 Å². The molecule has 0 saturated carbocycles. The van der Waals surface area contributed by atoms with Crippen molar-refractivity contribution in [3.63, 3.8) is 0 Å². The maximum Gasteiger partial charge on any atom is 0.394 e. The van der Waals surface area contributed by atoms with Gasteiger partial charge in [0.05, 0.1) is 0 Å². The van der Waals surface area contributed by atoms with Gasteiger partial charge in [0.1, 0.15) is 0 Å². The van der Waals surface area contributed by atoms with Gasteiger partial charge >= 0.3 is 10.4 Å². The normalized spacial score (nSPS) is 11.8. The van der Waals surface area contributed by atoms with Crippen molar-refractivity contribution >= 4 is 10.4 Å². The van der Waals surface area contributed by atoms with Crippen LogP contribution in [0.2, 0.25) is 0 Å². The van der Waals surface area contributed by atoms with E-state index in [0.29, 0.717) is 0 Å². The molecular weight excluding hydrogens is 182 g/mol. The van der Waals surface area contributed by atoms with E-state index in [1.807, 2.05) is 0 Å². The van der Waals surface area contributed by atoms with Crippen LogP contribution >= 0.6 is 0 Å². The molecule has 0 aromatic heterocycles. The van der Waals surface area contributed by atoms with E-state index in [1.54, 1.807) is 0 Å². The van der Waals surface area contributed by atoms with E-state index in [4.69, 9.17) is 23.3 Å². The minimum Gasteiger partial charge on any atom is -0.326 e. The first kappa shape index (κ1) is 14.4. The molecule has 4 N–H and O–H groups in total. The summed E-state index contributed by atoms with van der Waals surface area (Å²) in [6.07, 6.45) is 2.30. The highest BCUT2D eigenvalue weighted by atomic mass is 32.3. The quantitative estimate of drug-likeness (QED) is 0.573. The Morgan fingerprint density at radius 2 is 1.58 bits per heavy atom. The molecule has 0 aromatic rings. The maximum atomic E-state index is 8.74. The highest BCUT2D eigenvalue weighted by Crippen LogP contribution is 2.04. The largest absolute Gasteiger partial charge is 0.394 e. The van der Waals surface area contributed by atoms with Crippen molar-refractivity contribution in [1.29, 1.82) is 0 Å². The lowest BCUT2D eigenvalue weighted by Crippen LogP contribution is -2.31. The van der Waals surface area contributed by atoms with Gasteiger partial charge in [0.25, 0.3) is 0 Å². The second kappa shape index (κ2) is 5.47. The zero-order chi connectivity index (χ0) is 10.4. The minimum absolute atomic E-state index is 0.0503. The Kier molecular flexibility index (Phi) is 6.55. The van der Waals surface area contributed by atoms with Crippen LogP contribution < -0.4 is 5.73 Å². The SMILES string of the molecule is CCCC(C)(C)N.O=S(=O)(O)O. The smallest absolute Gasteiger partial charge is 0.326 e. The molecule has 0 saturated heterocycles. The van der Waals surface area contributed by atoms with Crippen molar-refractivity contribution < 1.29 is 17.5 Å². The first-order chi connectivity index (χ1) is 5.06. The Hall–Kier alpha value is -0.170. The molecule has 0 spiro atoms. The summed E-state index contributed by atoms with van der Waals surface area (Å²) in [5.41, 5.74) is 5.70. The monoisotopic (exact) mass is 199 g/mol. The molecule has 0 aliphatic heterocycles. The molecule has 76 valence electrons. The van der Waals surface area contributed by atoms with Gasteiger partial charge in [-0.2, -0.15) is 8.42 Å². The zero-order valence-electron chi connectivity index (χ0n) is 7.61. The first-order valence-corrected chi connectivity index (χ1v) is 4.94. The molecule has 12 heavy (non-hydrogen) atoms. The highest BCUT2D eigenvalue weighted by Gasteiger charge is 2.06. The van der Waals surface area contributed by atoms with Crippen LogP contribution in [0.4, 0.5) is 0 Å². The summed E-state index contributed by atoms with van der Waals surface area (Å²) < 4.78 is 31.6. The van der Waals surface area contributed by atoms with Gasteiger partial charge in [-0.25, -0.2) is 0 Å². The van der Waals surface area contributed by atoms with Gasteiger partial charge in [-0.15, -0.1) is 0 Å². The van der Waals surface area contributed by atoms with E-state index in [0.717, 1.165) is 6.42 Å². The molecule has 5 nitrogen and oxygen atoms in total. The van der Waals surface area contributed by atoms with Gasteiger partial charge in [-0.05, 0) is 20.3 Å². The third kappa shape index (κ3) is 52.2. The lowest BCUT2D eigenvalue weighted by Gasteiger charge is -2.15. The molecule has 0 amide bonds. The average Bonchev–Trinajstić information content (AvgIpc) is 1.54.